The maximum Gasteiger partial charge on any atom is 0.278 e. The Morgan fingerprint density at radius 3 is 3.22 bits per heavy atom. The number of imidazole rings is 1. The van der Waals surface area contributed by atoms with Gasteiger partial charge in [0.15, 0.2) is 16.8 Å². The summed E-state index contributed by atoms with van der Waals surface area (Å²) in [6.45, 7) is -0.777. The molecular weight excluding hydrogens is 243 g/mol. The van der Waals surface area contributed by atoms with Crippen LogP contribution in [0.1, 0.15) is 12.6 Å². The minimum Gasteiger partial charge on any atom is -0.393 e. The highest BCUT2D eigenvalue weighted by Crippen LogP contribution is 2.34. The van der Waals surface area contributed by atoms with Crippen molar-refractivity contribution in [3.05, 3.63) is 23.0 Å². The molecule has 0 unspecified atom stereocenters. The monoisotopic (exact) mass is 254 g/mol. The molecule has 3 heterocycles. The van der Waals surface area contributed by atoms with Gasteiger partial charge in [0.2, 0.25) is 0 Å². The first-order valence-electron chi connectivity index (χ1n) is 5.44. The molecule has 0 bridgehead atoms. The Hall–Kier alpha value is -1.80. The number of aromatic nitrogens is 4. The molecule has 2 N–H and O–H groups in total. The molecule has 1 aliphatic rings. The number of hydrogen-bond donors (Lipinski definition) is 2. The van der Waals surface area contributed by atoms with E-state index < -0.39 is 18.5 Å². The Morgan fingerprint density at radius 2 is 2.50 bits per heavy atom. The maximum absolute atomic E-state index is 13.9. The number of aromatic amines is 1. The van der Waals surface area contributed by atoms with Crippen LogP contribution in [0.25, 0.3) is 11.2 Å². The van der Waals surface area contributed by atoms with Crippen LogP contribution in [0.2, 0.25) is 0 Å². The second kappa shape index (κ2) is 3.85. The topological polar surface area (TPSA) is 93.0 Å². The van der Waals surface area contributed by atoms with Gasteiger partial charge in [0.1, 0.15) is 6.23 Å². The molecule has 96 valence electrons. The zero-order valence-corrected chi connectivity index (χ0v) is 9.34. The summed E-state index contributed by atoms with van der Waals surface area (Å²) < 4.78 is 20.7. The van der Waals surface area contributed by atoms with Crippen LogP contribution >= 0.6 is 0 Å². The Bertz CT molecular complexity index is 639. The summed E-state index contributed by atoms with van der Waals surface area (Å²) in [5.74, 6) is 0. The van der Waals surface area contributed by atoms with Crippen molar-refractivity contribution in [3.8, 4) is 0 Å². The second-order valence-electron chi connectivity index (χ2n) is 4.33. The standard InChI is InChI=1S/C10H11FN4O3/c11-10(2-16)1-6(18-3-10)15-5-14-7-8(15)12-4-13-9(7)17/h4-6,16H,1-3H2,(H,12,13,17)/t6-,10-/m1/s1. The quantitative estimate of drug-likeness (QED) is 0.770. The summed E-state index contributed by atoms with van der Waals surface area (Å²) in [5, 5.41) is 8.95. The smallest absolute Gasteiger partial charge is 0.278 e. The Balaban J connectivity index is 2.02. The van der Waals surface area contributed by atoms with Crippen LogP contribution in [-0.2, 0) is 4.74 Å². The van der Waals surface area contributed by atoms with Gasteiger partial charge in [-0.1, -0.05) is 0 Å². The SMILES string of the molecule is O=c1[nH]cnc2c1ncn2[C@H]1C[C@@](F)(CO)CO1. The van der Waals surface area contributed by atoms with Crippen LogP contribution in [0.15, 0.2) is 17.4 Å². The van der Waals surface area contributed by atoms with E-state index in [0.717, 1.165) is 0 Å². The average molecular weight is 254 g/mol. The van der Waals surface area contributed by atoms with Crippen molar-refractivity contribution in [1.82, 2.24) is 19.5 Å². The predicted octanol–water partition coefficient (Wildman–Crippen LogP) is -0.261. The number of H-pyrrole nitrogens is 1. The number of nitrogens with one attached hydrogen (secondary N) is 1. The third-order valence-corrected chi connectivity index (χ3v) is 3.03. The van der Waals surface area contributed by atoms with Crippen molar-refractivity contribution in [2.45, 2.75) is 18.3 Å². The Kier molecular flexibility index (Phi) is 2.42. The van der Waals surface area contributed by atoms with Gasteiger partial charge in [0, 0.05) is 6.42 Å². The number of aliphatic hydroxyl groups is 1. The van der Waals surface area contributed by atoms with E-state index in [1.54, 1.807) is 0 Å². The van der Waals surface area contributed by atoms with Crippen molar-refractivity contribution in [1.29, 1.82) is 0 Å². The molecule has 1 aliphatic heterocycles. The van der Waals surface area contributed by atoms with Crippen molar-refractivity contribution in [3.63, 3.8) is 0 Å². The van der Waals surface area contributed by atoms with Crippen molar-refractivity contribution < 1.29 is 14.2 Å². The Labute approximate surface area is 100 Å². The number of nitrogens with zero attached hydrogens (tertiary/aromatic N) is 3. The highest BCUT2D eigenvalue weighted by atomic mass is 19.1. The third kappa shape index (κ3) is 1.61. The van der Waals surface area contributed by atoms with Crippen molar-refractivity contribution >= 4 is 11.2 Å². The number of aliphatic hydroxyl groups excluding tert-OH is 1. The van der Waals surface area contributed by atoms with E-state index in [-0.39, 0.29) is 24.1 Å². The lowest BCUT2D eigenvalue weighted by molar-refractivity contribution is 0.0302. The van der Waals surface area contributed by atoms with Gasteiger partial charge in [-0.05, 0) is 0 Å². The largest absolute Gasteiger partial charge is 0.393 e. The molecule has 1 fully saturated rings. The summed E-state index contributed by atoms with van der Waals surface area (Å²) in [7, 11) is 0. The minimum absolute atomic E-state index is 0.00341. The third-order valence-electron chi connectivity index (χ3n) is 3.03. The van der Waals surface area contributed by atoms with Gasteiger partial charge in [-0.2, -0.15) is 0 Å². The normalized spacial score (nSPS) is 28.0. The van der Waals surface area contributed by atoms with Crippen LogP contribution < -0.4 is 5.56 Å². The molecule has 2 aromatic rings. The number of alkyl halides is 1. The van der Waals surface area contributed by atoms with Crippen molar-refractivity contribution in [2.75, 3.05) is 13.2 Å². The van der Waals surface area contributed by atoms with Gasteiger partial charge in [-0.25, -0.2) is 14.4 Å². The number of hydrogen-bond acceptors (Lipinski definition) is 5. The molecule has 3 rings (SSSR count). The summed E-state index contributed by atoms with van der Waals surface area (Å²) in [4.78, 5) is 21.8. The maximum atomic E-state index is 13.9. The number of halogens is 1. The van der Waals surface area contributed by atoms with E-state index in [9.17, 15) is 9.18 Å². The summed E-state index contributed by atoms with van der Waals surface area (Å²) in [6, 6.07) is 0. The number of fused-ring (bicyclic) bond motifs is 1. The van der Waals surface area contributed by atoms with Gasteiger partial charge in [-0.15, -0.1) is 0 Å². The van der Waals surface area contributed by atoms with E-state index in [4.69, 9.17) is 9.84 Å². The molecule has 0 aromatic carbocycles. The molecule has 8 heteroatoms. The highest BCUT2D eigenvalue weighted by Gasteiger charge is 2.41. The van der Waals surface area contributed by atoms with Crippen LogP contribution in [0.4, 0.5) is 4.39 Å². The Morgan fingerprint density at radius 1 is 1.67 bits per heavy atom. The highest BCUT2D eigenvalue weighted by molar-refractivity contribution is 5.68. The second-order valence-corrected chi connectivity index (χ2v) is 4.33. The van der Waals surface area contributed by atoms with Crippen LogP contribution in [-0.4, -0.2) is 43.5 Å². The van der Waals surface area contributed by atoms with Crippen LogP contribution in [0, 0.1) is 0 Å². The van der Waals surface area contributed by atoms with Crippen LogP contribution in [0.3, 0.4) is 0 Å². The molecule has 7 nitrogen and oxygen atoms in total. The molecule has 0 aliphatic carbocycles. The predicted molar refractivity (Wildman–Crippen MR) is 58.7 cm³/mol. The summed E-state index contributed by atoms with van der Waals surface area (Å²) in [6.07, 6.45) is 2.04. The van der Waals surface area contributed by atoms with E-state index in [0.29, 0.717) is 5.65 Å². The van der Waals surface area contributed by atoms with Gasteiger partial charge in [0.05, 0.1) is 25.9 Å². The van der Waals surface area contributed by atoms with Crippen LogP contribution in [0.5, 0.6) is 0 Å². The molecule has 0 saturated carbocycles. The summed E-state index contributed by atoms with van der Waals surface area (Å²) in [5.41, 5.74) is -1.58. The molecule has 0 radical (unpaired) electrons. The fraction of sp³-hybridized carbons (Fsp3) is 0.500. The number of ether oxygens (including phenoxy) is 1. The molecule has 1 saturated heterocycles. The van der Waals surface area contributed by atoms with Gasteiger partial charge in [0.25, 0.3) is 5.56 Å². The lowest BCUT2D eigenvalue weighted by Crippen LogP contribution is -2.27. The number of rotatable bonds is 2. The lowest BCUT2D eigenvalue weighted by Gasteiger charge is -2.14. The van der Waals surface area contributed by atoms with E-state index in [1.165, 1.54) is 17.2 Å². The first kappa shape index (κ1) is 11.3. The summed E-state index contributed by atoms with van der Waals surface area (Å²) >= 11 is 0. The minimum atomic E-state index is -1.75. The van der Waals surface area contributed by atoms with E-state index in [1.807, 2.05) is 0 Å². The lowest BCUT2D eigenvalue weighted by atomic mass is 10.1. The molecule has 0 spiro atoms. The average Bonchev–Trinajstić information content (AvgIpc) is 2.94. The van der Waals surface area contributed by atoms with Gasteiger partial charge >= 0.3 is 0 Å². The van der Waals surface area contributed by atoms with Gasteiger partial charge in [-0.3, -0.25) is 9.36 Å². The molecule has 2 atom stereocenters. The molecule has 18 heavy (non-hydrogen) atoms. The van der Waals surface area contributed by atoms with Crippen molar-refractivity contribution in [2.24, 2.45) is 0 Å². The zero-order chi connectivity index (χ0) is 12.8. The molecule has 0 amide bonds. The fourth-order valence-corrected chi connectivity index (χ4v) is 2.04. The first-order chi connectivity index (χ1) is 8.63. The first-order valence-corrected chi connectivity index (χ1v) is 5.44. The molecule has 2 aromatic heterocycles. The zero-order valence-electron chi connectivity index (χ0n) is 9.34. The molecular formula is C10H11FN4O3. The fourth-order valence-electron chi connectivity index (χ4n) is 2.04. The van der Waals surface area contributed by atoms with E-state index in [2.05, 4.69) is 15.0 Å². The van der Waals surface area contributed by atoms with E-state index >= 15 is 0 Å². The van der Waals surface area contributed by atoms with Gasteiger partial charge < -0.3 is 14.8 Å².